The average molecular weight is 550 g/mol. The van der Waals surface area contributed by atoms with Gasteiger partial charge in [0.05, 0.1) is 12.1 Å². The Balaban J connectivity index is 1.48. The van der Waals surface area contributed by atoms with Gasteiger partial charge >= 0.3 is 6.09 Å². The molecule has 4 rings (SSSR count). The highest BCUT2D eigenvalue weighted by Crippen LogP contribution is 2.36. The zero-order valence-electron chi connectivity index (χ0n) is 22.9. The molecule has 8 heteroatoms. The molecule has 3 atom stereocenters. The fourth-order valence-electron chi connectivity index (χ4n) is 5.05. The quantitative estimate of drug-likeness (QED) is 0.388. The molecule has 1 aliphatic rings. The smallest absolute Gasteiger partial charge is 0.410 e. The maximum absolute atomic E-state index is 13.4. The van der Waals surface area contributed by atoms with Crippen molar-refractivity contribution in [3.8, 4) is 0 Å². The molecule has 1 aromatic heterocycles. The predicted octanol–water partition coefficient (Wildman–Crippen LogP) is 6.05. The number of pyridine rings is 1. The van der Waals surface area contributed by atoms with Crippen LogP contribution in [0.3, 0.4) is 0 Å². The molecule has 2 amide bonds. The Labute approximate surface area is 235 Å². The molecule has 1 N–H and O–H groups in total. The van der Waals surface area contributed by atoms with Crippen molar-refractivity contribution in [2.75, 3.05) is 7.05 Å². The number of halogens is 1. The van der Waals surface area contributed by atoms with Gasteiger partial charge in [-0.05, 0) is 87.1 Å². The molecule has 39 heavy (non-hydrogen) atoms. The van der Waals surface area contributed by atoms with Crippen LogP contribution in [0.15, 0.2) is 73.1 Å². The summed E-state index contributed by atoms with van der Waals surface area (Å²) >= 11 is 6.17. The standard InChI is InChI=1S/C31H36ClN3O4/c1-31(2,3)39-30(38)35-26(14-15-27(35)28(36)24-8-5-9-25(32)18-24)17-21-10-12-23(13-11-21)29(37)34(4)20-22-7-6-16-33-19-22/h5-13,16,18-19,26-28,36H,14-15,17,20H2,1-4H3/t26-,27+,28+/m0/s1. The fraction of sp³-hybridized carbons (Fsp3) is 0.387. The summed E-state index contributed by atoms with van der Waals surface area (Å²) in [5.74, 6) is -0.0774. The van der Waals surface area contributed by atoms with Gasteiger partial charge in [-0.2, -0.15) is 0 Å². The lowest BCUT2D eigenvalue weighted by molar-refractivity contribution is -0.00453. The fourth-order valence-corrected chi connectivity index (χ4v) is 5.25. The van der Waals surface area contributed by atoms with Crippen molar-refractivity contribution in [2.24, 2.45) is 0 Å². The van der Waals surface area contributed by atoms with Gasteiger partial charge in [0.1, 0.15) is 5.60 Å². The number of benzene rings is 2. The monoisotopic (exact) mass is 549 g/mol. The van der Waals surface area contributed by atoms with E-state index in [0.717, 1.165) is 17.5 Å². The Morgan fingerprint density at radius 1 is 1.10 bits per heavy atom. The van der Waals surface area contributed by atoms with Crippen LogP contribution in [-0.4, -0.2) is 56.6 Å². The molecule has 0 unspecified atom stereocenters. The molecular formula is C31H36ClN3O4. The van der Waals surface area contributed by atoms with Crippen LogP contribution in [0.4, 0.5) is 4.79 Å². The molecule has 2 heterocycles. The van der Waals surface area contributed by atoms with Gasteiger partial charge in [0.2, 0.25) is 0 Å². The lowest BCUT2D eigenvalue weighted by Crippen LogP contribution is -2.47. The van der Waals surface area contributed by atoms with Crippen LogP contribution >= 0.6 is 11.6 Å². The number of aromatic nitrogens is 1. The SMILES string of the molecule is CN(Cc1cccnc1)C(=O)c1ccc(C[C@@H]2CC[C@H]([C@H](O)c3cccc(Cl)c3)N2C(=O)OC(C)(C)C)cc1. The Kier molecular flexibility index (Phi) is 8.93. The maximum atomic E-state index is 13.4. The molecule has 1 saturated heterocycles. The first kappa shape index (κ1) is 28.6. The number of carbonyl (C=O) groups excluding carboxylic acids is 2. The van der Waals surface area contributed by atoms with Crippen LogP contribution in [0.1, 0.15) is 66.8 Å². The first-order valence-corrected chi connectivity index (χ1v) is 13.6. The predicted molar refractivity (Wildman–Crippen MR) is 151 cm³/mol. The van der Waals surface area contributed by atoms with E-state index in [1.165, 1.54) is 0 Å². The van der Waals surface area contributed by atoms with Crippen molar-refractivity contribution in [2.45, 2.75) is 70.4 Å². The first-order valence-electron chi connectivity index (χ1n) is 13.2. The third-order valence-electron chi connectivity index (χ3n) is 6.87. The minimum atomic E-state index is -0.892. The summed E-state index contributed by atoms with van der Waals surface area (Å²) in [6.45, 7) is 5.97. The van der Waals surface area contributed by atoms with Crippen LogP contribution in [0.2, 0.25) is 5.02 Å². The minimum Gasteiger partial charge on any atom is -0.444 e. The van der Waals surface area contributed by atoms with Crippen molar-refractivity contribution in [3.63, 3.8) is 0 Å². The van der Waals surface area contributed by atoms with Crippen molar-refractivity contribution in [1.82, 2.24) is 14.8 Å². The van der Waals surface area contributed by atoms with Crippen molar-refractivity contribution in [3.05, 3.63) is 100 Å². The second kappa shape index (κ2) is 12.2. The molecule has 0 aliphatic carbocycles. The van der Waals surface area contributed by atoms with Crippen LogP contribution < -0.4 is 0 Å². The molecule has 0 saturated carbocycles. The Morgan fingerprint density at radius 2 is 1.85 bits per heavy atom. The van der Waals surface area contributed by atoms with E-state index in [1.807, 2.05) is 63.2 Å². The van der Waals surface area contributed by atoms with Gasteiger partial charge in [0, 0.05) is 42.6 Å². The molecule has 7 nitrogen and oxygen atoms in total. The molecular weight excluding hydrogens is 514 g/mol. The van der Waals surface area contributed by atoms with Gasteiger partial charge in [0.25, 0.3) is 5.91 Å². The van der Waals surface area contributed by atoms with Crippen molar-refractivity contribution in [1.29, 1.82) is 0 Å². The molecule has 3 aromatic rings. The van der Waals surface area contributed by atoms with Crippen LogP contribution in [0.5, 0.6) is 0 Å². The van der Waals surface area contributed by atoms with Gasteiger partial charge < -0.3 is 14.7 Å². The number of aliphatic hydroxyl groups excluding tert-OH is 1. The normalized spacial score (nSPS) is 18.1. The first-order chi connectivity index (χ1) is 18.5. The highest BCUT2D eigenvalue weighted by Gasteiger charge is 2.43. The lowest BCUT2D eigenvalue weighted by Gasteiger charge is -2.35. The summed E-state index contributed by atoms with van der Waals surface area (Å²) in [4.78, 5) is 33.8. The molecule has 1 aliphatic heterocycles. The van der Waals surface area contributed by atoms with Crippen LogP contribution in [0, 0.1) is 0 Å². The number of aliphatic hydroxyl groups is 1. The van der Waals surface area contributed by atoms with E-state index in [2.05, 4.69) is 4.98 Å². The second-order valence-corrected chi connectivity index (χ2v) is 11.5. The van der Waals surface area contributed by atoms with E-state index in [0.29, 0.717) is 35.5 Å². The van der Waals surface area contributed by atoms with Gasteiger partial charge in [-0.3, -0.25) is 14.7 Å². The number of nitrogens with zero attached hydrogens (tertiary/aromatic N) is 3. The summed E-state index contributed by atoms with van der Waals surface area (Å²) in [6, 6.07) is 17.8. The lowest BCUT2D eigenvalue weighted by atomic mass is 10.0. The van der Waals surface area contributed by atoms with Crippen molar-refractivity contribution < 1.29 is 19.4 Å². The topological polar surface area (TPSA) is 83.0 Å². The van der Waals surface area contributed by atoms with Gasteiger partial charge in [-0.25, -0.2) is 4.79 Å². The highest BCUT2D eigenvalue weighted by atomic mass is 35.5. The molecule has 0 bridgehead atoms. The van der Waals surface area contributed by atoms with E-state index in [1.54, 1.807) is 47.4 Å². The number of hydrogen-bond acceptors (Lipinski definition) is 5. The second-order valence-electron chi connectivity index (χ2n) is 11.1. The minimum absolute atomic E-state index is 0.0774. The molecule has 1 fully saturated rings. The number of ether oxygens (including phenoxy) is 1. The van der Waals surface area contributed by atoms with Gasteiger partial charge in [-0.1, -0.05) is 41.9 Å². The number of carbonyl (C=O) groups is 2. The van der Waals surface area contributed by atoms with Crippen molar-refractivity contribution >= 4 is 23.6 Å². The summed E-state index contributed by atoms with van der Waals surface area (Å²) in [5, 5.41) is 11.8. The maximum Gasteiger partial charge on any atom is 0.410 e. The van der Waals surface area contributed by atoms with E-state index in [-0.39, 0.29) is 11.9 Å². The van der Waals surface area contributed by atoms with Crippen LogP contribution in [-0.2, 0) is 17.7 Å². The molecule has 206 valence electrons. The average Bonchev–Trinajstić information content (AvgIpc) is 3.31. The van der Waals surface area contributed by atoms with E-state index < -0.39 is 23.8 Å². The number of likely N-dealkylation sites (tertiary alicyclic amines) is 1. The third-order valence-corrected chi connectivity index (χ3v) is 7.10. The number of amides is 2. The van der Waals surface area contributed by atoms with Crippen LogP contribution in [0.25, 0.3) is 0 Å². The van der Waals surface area contributed by atoms with E-state index >= 15 is 0 Å². The van der Waals surface area contributed by atoms with Gasteiger partial charge in [0.15, 0.2) is 0 Å². The summed E-state index contributed by atoms with van der Waals surface area (Å²) in [5.41, 5.74) is 2.55. The summed E-state index contributed by atoms with van der Waals surface area (Å²) in [7, 11) is 1.77. The summed E-state index contributed by atoms with van der Waals surface area (Å²) < 4.78 is 5.75. The Morgan fingerprint density at radius 3 is 2.49 bits per heavy atom. The third kappa shape index (κ3) is 7.37. The molecule has 0 spiro atoms. The Bertz CT molecular complexity index is 1280. The zero-order chi connectivity index (χ0) is 28.2. The van der Waals surface area contributed by atoms with E-state index in [4.69, 9.17) is 16.3 Å². The summed E-state index contributed by atoms with van der Waals surface area (Å²) in [6.07, 6.45) is 4.05. The molecule has 2 aromatic carbocycles. The number of rotatable bonds is 7. The zero-order valence-corrected chi connectivity index (χ0v) is 23.6. The largest absolute Gasteiger partial charge is 0.444 e. The van der Waals surface area contributed by atoms with Gasteiger partial charge in [-0.15, -0.1) is 0 Å². The molecule has 0 radical (unpaired) electrons. The number of hydrogen-bond donors (Lipinski definition) is 1. The highest BCUT2D eigenvalue weighted by molar-refractivity contribution is 6.30. The Hall–Kier alpha value is -3.42. The van der Waals surface area contributed by atoms with E-state index in [9.17, 15) is 14.7 Å².